The summed E-state index contributed by atoms with van der Waals surface area (Å²) >= 11 is 0. The van der Waals surface area contributed by atoms with Crippen molar-refractivity contribution in [1.29, 1.82) is 0 Å². The fourth-order valence-electron chi connectivity index (χ4n) is 3.02. The number of nitrogens with zero attached hydrogens (tertiary/aromatic N) is 1. The summed E-state index contributed by atoms with van der Waals surface area (Å²) in [6, 6.07) is 0.796. The van der Waals surface area contributed by atoms with Gasteiger partial charge in [-0.2, -0.15) is 0 Å². The van der Waals surface area contributed by atoms with Crippen LogP contribution in [0.25, 0.3) is 0 Å². The van der Waals surface area contributed by atoms with Gasteiger partial charge in [-0.25, -0.2) is 0 Å². The van der Waals surface area contributed by atoms with E-state index in [4.69, 9.17) is 0 Å². The largest absolute Gasteiger partial charge is 0.392 e. The van der Waals surface area contributed by atoms with E-state index >= 15 is 0 Å². The standard InChI is InChI=1S/C15H29NO/c1-12(2)9-10-16(14-7-8-14)11-15(17)13-5-3-4-6-13/h12-15,17H,3-11H2,1-2H3. The Morgan fingerprint density at radius 3 is 2.29 bits per heavy atom. The Morgan fingerprint density at radius 2 is 1.76 bits per heavy atom. The summed E-state index contributed by atoms with van der Waals surface area (Å²) in [4.78, 5) is 2.56. The molecule has 0 saturated heterocycles. The van der Waals surface area contributed by atoms with Crippen LogP contribution in [-0.4, -0.2) is 35.2 Å². The van der Waals surface area contributed by atoms with Gasteiger partial charge in [-0.3, -0.25) is 4.90 Å². The van der Waals surface area contributed by atoms with E-state index in [0.717, 1.165) is 18.5 Å². The van der Waals surface area contributed by atoms with Crippen LogP contribution in [0.1, 0.15) is 58.8 Å². The number of aliphatic hydroxyl groups is 1. The maximum Gasteiger partial charge on any atom is 0.0695 e. The Kier molecular flexibility index (Phi) is 4.87. The van der Waals surface area contributed by atoms with Crippen molar-refractivity contribution < 1.29 is 5.11 Å². The molecule has 2 aliphatic rings. The molecule has 0 spiro atoms. The van der Waals surface area contributed by atoms with Crippen LogP contribution < -0.4 is 0 Å². The third kappa shape index (κ3) is 4.26. The minimum atomic E-state index is -0.0646. The second kappa shape index (κ2) is 6.19. The highest BCUT2D eigenvalue weighted by Crippen LogP contribution is 2.31. The Labute approximate surface area is 106 Å². The molecule has 1 unspecified atom stereocenters. The van der Waals surface area contributed by atoms with Crippen molar-refractivity contribution in [1.82, 2.24) is 4.90 Å². The molecule has 0 aromatic heterocycles. The van der Waals surface area contributed by atoms with Crippen molar-refractivity contribution in [3.8, 4) is 0 Å². The smallest absolute Gasteiger partial charge is 0.0695 e. The molecule has 1 N–H and O–H groups in total. The third-order valence-electron chi connectivity index (χ3n) is 4.42. The molecule has 0 bridgehead atoms. The monoisotopic (exact) mass is 239 g/mol. The number of aliphatic hydroxyl groups excluding tert-OH is 1. The maximum atomic E-state index is 10.3. The summed E-state index contributed by atoms with van der Waals surface area (Å²) in [5, 5.41) is 10.3. The van der Waals surface area contributed by atoms with E-state index in [2.05, 4.69) is 18.7 Å². The molecule has 2 fully saturated rings. The average Bonchev–Trinajstić information content (AvgIpc) is 2.98. The Balaban J connectivity index is 1.75. The van der Waals surface area contributed by atoms with Crippen molar-refractivity contribution in [3.05, 3.63) is 0 Å². The molecule has 0 aromatic carbocycles. The predicted molar refractivity (Wildman–Crippen MR) is 72.0 cm³/mol. The van der Waals surface area contributed by atoms with Crippen molar-refractivity contribution in [2.45, 2.75) is 70.9 Å². The molecule has 0 radical (unpaired) electrons. The highest BCUT2D eigenvalue weighted by atomic mass is 16.3. The minimum absolute atomic E-state index is 0.0646. The van der Waals surface area contributed by atoms with E-state index in [0.29, 0.717) is 5.92 Å². The summed E-state index contributed by atoms with van der Waals surface area (Å²) < 4.78 is 0. The van der Waals surface area contributed by atoms with Gasteiger partial charge in [0.2, 0.25) is 0 Å². The molecule has 2 nitrogen and oxygen atoms in total. The first-order valence-corrected chi connectivity index (χ1v) is 7.59. The topological polar surface area (TPSA) is 23.5 Å². The molecule has 2 rings (SSSR count). The normalized spacial score (nSPS) is 23.8. The Morgan fingerprint density at radius 1 is 1.12 bits per heavy atom. The van der Waals surface area contributed by atoms with E-state index < -0.39 is 0 Å². The van der Waals surface area contributed by atoms with Gasteiger partial charge in [0.1, 0.15) is 0 Å². The van der Waals surface area contributed by atoms with Gasteiger partial charge in [0, 0.05) is 12.6 Å². The molecule has 1 atom stereocenters. The van der Waals surface area contributed by atoms with Crippen LogP contribution in [0, 0.1) is 11.8 Å². The first-order chi connectivity index (χ1) is 8.16. The zero-order valence-corrected chi connectivity index (χ0v) is 11.6. The summed E-state index contributed by atoms with van der Waals surface area (Å²) in [7, 11) is 0. The van der Waals surface area contributed by atoms with Crippen LogP contribution in [-0.2, 0) is 0 Å². The summed E-state index contributed by atoms with van der Waals surface area (Å²) in [6.45, 7) is 6.70. The Hall–Kier alpha value is -0.0800. The van der Waals surface area contributed by atoms with Gasteiger partial charge in [0.15, 0.2) is 0 Å². The van der Waals surface area contributed by atoms with Gasteiger partial charge in [-0.05, 0) is 50.5 Å². The van der Waals surface area contributed by atoms with E-state index in [-0.39, 0.29) is 6.10 Å². The van der Waals surface area contributed by atoms with Crippen LogP contribution >= 0.6 is 0 Å². The quantitative estimate of drug-likeness (QED) is 0.738. The van der Waals surface area contributed by atoms with E-state index in [1.165, 1.54) is 51.5 Å². The van der Waals surface area contributed by atoms with E-state index in [1.54, 1.807) is 0 Å². The summed E-state index contributed by atoms with van der Waals surface area (Å²) in [6.07, 6.45) is 9.09. The van der Waals surface area contributed by atoms with Gasteiger partial charge in [-0.15, -0.1) is 0 Å². The lowest BCUT2D eigenvalue weighted by Gasteiger charge is -2.28. The molecule has 0 aliphatic heterocycles. The molecule has 2 heteroatoms. The van der Waals surface area contributed by atoms with Crippen LogP contribution in [0.5, 0.6) is 0 Å². The van der Waals surface area contributed by atoms with Gasteiger partial charge < -0.3 is 5.11 Å². The molecule has 0 heterocycles. The SMILES string of the molecule is CC(C)CCN(CC(O)C1CCCC1)C1CC1. The van der Waals surface area contributed by atoms with Gasteiger partial charge >= 0.3 is 0 Å². The van der Waals surface area contributed by atoms with Crippen molar-refractivity contribution in [2.75, 3.05) is 13.1 Å². The third-order valence-corrected chi connectivity index (χ3v) is 4.42. The minimum Gasteiger partial charge on any atom is -0.392 e. The number of rotatable bonds is 7. The molecule has 2 saturated carbocycles. The van der Waals surface area contributed by atoms with Crippen LogP contribution in [0.3, 0.4) is 0 Å². The van der Waals surface area contributed by atoms with Crippen LogP contribution in [0.15, 0.2) is 0 Å². The lowest BCUT2D eigenvalue weighted by molar-refractivity contribution is 0.0608. The molecular formula is C15H29NO. The number of hydrogen-bond donors (Lipinski definition) is 1. The van der Waals surface area contributed by atoms with Crippen molar-refractivity contribution in [2.24, 2.45) is 11.8 Å². The van der Waals surface area contributed by atoms with Crippen molar-refractivity contribution >= 4 is 0 Å². The molecule has 0 aromatic rings. The summed E-state index contributed by atoms with van der Waals surface area (Å²) in [5.41, 5.74) is 0. The summed E-state index contributed by atoms with van der Waals surface area (Å²) in [5.74, 6) is 1.37. The molecule has 100 valence electrons. The molecule has 0 amide bonds. The molecular weight excluding hydrogens is 210 g/mol. The maximum absolute atomic E-state index is 10.3. The second-order valence-corrected chi connectivity index (χ2v) is 6.52. The van der Waals surface area contributed by atoms with Gasteiger partial charge in [0.05, 0.1) is 6.10 Å². The lowest BCUT2D eigenvalue weighted by atomic mass is 10.00. The highest BCUT2D eigenvalue weighted by molar-refractivity contribution is 4.87. The average molecular weight is 239 g/mol. The molecule has 2 aliphatic carbocycles. The van der Waals surface area contributed by atoms with E-state index in [9.17, 15) is 5.11 Å². The van der Waals surface area contributed by atoms with Gasteiger partial charge in [0.25, 0.3) is 0 Å². The first-order valence-electron chi connectivity index (χ1n) is 7.59. The highest BCUT2D eigenvalue weighted by Gasteiger charge is 2.32. The fourth-order valence-corrected chi connectivity index (χ4v) is 3.02. The molecule has 17 heavy (non-hydrogen) atoms. The zero-order chi connectivity index (χ0) is 12.3. The van der Waals surface area contributed by atoms with E-state index in [1.807, 2.05) is 0 Å². The van der Waals surface area contributed by atoms with Gasteiger partial charge in [-0.1, -0.05) is 26.7 Å². The number of hydrogen-bond acceptors (Lipinski definition) is 2. The van der Waals surface area contributed by atoms with Crippen LogP contribution in [0.2, 0.25) is 0 Å². The van der Waals surface area contributed by atoms with Crippen LogP contribution in [0.4, 0.5) is 0 Å². The Bertz CT molecular complexity index is 219. The fraction of sp³-hybridized carbons (Fsp3) is 1.00. The predicted octanol–water partition coefficient (Wildman–Crippen LogP) is 3.05. The zero-order valence-electron chi connectivity index (χ0n) is 11.6. The van der Waals surface area contributed by atoms with Crippen molar-refractivity contribution in [3.63, 3.8) is 0 Å². The first kappa shape index (κ1) is 13.4. The lowest BCUT2D eigenvalue weighted by Crippen LogP contribution is -2.38. The second-order valence-electron chi connectivity index (χ2n) is 6.52.